The maximum Gasteiger partial charge on any atom is 0.396 e. The normalized spacial score (nSPS) is 20.4. The number of benzene rings is 1. The van der Waals surface area contributed by atoms with Crippen molar-refractivity contribution in [2.45, 2.75) is 51.7 Å². The first-order valence-corrected chi connectivity index (χ1v) is 12.0. The molecule has 208 valence electrons. The molecule has 2 N–H and O–H groups in total. The summed E-state index contributed by atoms with van der Waals surface area (Å²) >= 11 is 0. The maximum absolute atomic E-state index is 12.0. The molecular formula is C24H27N6O9-. The highest BCUT2D eigenvalue weighted by molar-refractivity contribution is 5.82. The van der Waals surface area contributed by atoms with E-state index in [4.69, 9.17) is 18.9 Å². The van der Waals surface area contributed by atoms with Crippen LogP contribution >= 0.6 is 0 Å². The average Bonchev–Trinajstić information content (AvgIpc) is 3.44. The third-order valence-electron chi connectivity index (χ3n) is 5.80. The van der Waals surface area contributed by atoms with Crippen molar-refractivity contribution in [3.05, 3.63) is 58.3 Å². The van der Waals surface area contributed by atoms with Gasteiger partial charge < -0.3 is 34.7 Å². The van der Waals surface area contributed by atoms with Gasteiger partial charge >= 0.3 is 23.5 Å². The molecule has 1 aliphatic heterocycles. The average molecular weight is 544 g/mol. The highest BCUT2D eigenvalue weighted by atomic mass is 16.8. The number of hydrogen-bond donors (Lipinski definition) is 2. The van der Waals surface area contributed by atoms with Gasteiger partial charge in [0.25, 0.3) is 0 Å². The molecular weight excluding hydrogens is 516 g/mol. The number of nitrogens with zero attached hydrogens (tertiary/aromatic N) is 4. The summed E-state index contributed by atoms with van der Waals surface area (Å²) in [6.07, 6.45) is -2.59. The van der Waals surface area contributed by atoms with Gasteiger partial charge in [0.05, 0.1) is 0 Å². The smallest absolute Gasteiger partial charge is 0.396 e. The van der Waals surface area contributed by atoms with Crippen molar-refractivity contribution in [1.29, 1.82) is 0 Å². The van der Waals surface area contributed by atoms with E-state index in [-0.39, 0.29) is 23.6 Å². The summed E-state index contributed by atoms with van der Waals surface area (Å²) in [5.74, 6) is -1.73. The van der Waals surface area contributed by atoms with E-state index in [1.165, 1.54) is 31.7 Å². The molecule has 0 amide bonds. The van der Waals surface area contributed by atoms with Gasteiger partial charge in [-0.15, -0.1) is 0 Å². The van der Waals surface area contributed by atoms with Gasteiger partial charge in [-0.2, -0.15) is 0 Å². The highest BCUT2D eigenvalue weighted by Gasteiger charge is 2.51. The summed E-state index contributed by atoms with van der Waals surface area (Å²) in [6, 6.07) is 9.66. The van der Waals surface area contributed by atoms with E-state index >= 15 is 0 Å². The van der Waals surface area contributed by atoms with Crippen LogP contribution in [0.1, 0.15) is 32.6 Å². The number of aromatic nitrogens is 4. The molecule has 15 heteroatoms. The topological polar surface area (TPSA) is 196 Å². The second kappa shape index (κ2) is 11.8. The van der Waals surface area contributed by atoms with E-state index in [1.807, 2.05) is 30.3 Å². The van der Waals surface area contributed by atoms with Crippen LogP contribution in [0, 0.1) is 10.4 Å². The number of nitrogens with one attached hydrogen (secondary N) is 2. The lowest BCUT2D eigenvalue weighted by atomic mass is 10.1. The van der Waals surface area contributed by atoms with Crippen LogP contribution in [0.5, 0.6) is 0 Å². The fourth-order valence-corrected chi connectivity index (χ4v) is 4.23. The molecule has 0 aliphatic carbocycles. The van der Waals surface area contributed by atoms with Crippen LogP contribution in [0.4, 0.5) is 5.82 Å². The van der Waals surface area contributed by atoms with E-state index in [1.54, 1.807) is 0 Å². The van der Waals surface area contributed by atoms with E-state index in [0.29, 0.717) is 13.0 Å². The summed E-state index contributed by atoms with van der Waals surface area (Å²) in [7, 11) is 0. The minimum atomic E-state index is -1.20. The Morgan fingerprint density at radius 1 is 1.08 bits per heavy atom. The third kappa shape index (κ3) is 6.43. The number of imidazole rings is 1. The zero-order valence-electron chi connectivity index (χ0n) is 21.4. The summed E-state index contributed by atoms with van der Waals surface area (Å²) in [5.41, 5.74) is 0.793. The molecule has 2 aromatic heterocycles. The number of H-pyrrole nitrogens is 1. The van der Waals surface area contributed by atoms with Gasteiger partial charge in [0, 0.05) is 27.3 Å². The van der Waals surface area contributed by atoms with Crippen molar-refractivity contribution in [2.75, 3.05) is 18.5 Å². The maximum atomic E-state index is 12.0. The van der Waals surface area contributed by atoms with Crippen molar-refractivity contribution in [3.63, 3.8) is 0 Å². The molecule has 0 bridgehead atoms. The van der Waals surface area contributed by atoms with Gasteiger partial charge in [-0.1, -0.05) is 30.3 Å². The number of ether oxygens (including phenoxy) is 4. The number of rotatable bonds is 9. The Hall–Kier alpha value is -4.66. The van der Waals surface area contributed by atoms with Crippen molar-refractivity contribution in [3.8, 4) is 0 Å². The number of carbonyl (C=O) groups is 3. The molecule has 3 heterocycles. The number of anilines is 1. The molecule has 4 atom stereocenters. The van der Waals surface area contributed by atoms with Crippen LogP contribution in [0.3, 0.4) is 0 Å². The molecule has 0 spiro atoms. The van der Waals surface area contributed by atoms with E-state index in [0.717, 1.165) is 5.56 Å². The zero-order chi connectivity index (χ0) is 28.1. The van der Waals surface area contributed by atoms with Crippen LogP contribution in [-0.2, 0) is 39.8 Å². The summed E-state index contributed by atoms with van der Waals surface area (Å²) in [4.78, 5) is 45.6. The fraction of sp³-hybridized carbons (Fsp3) is 0.417. The molecule has 0 unspecified atom stereocenters. The van der Waals surface area contributed by atoms with Gasteiger partial charge in [-0.05, 0) is 17.0 Å². The lowest BCUT2D eigenvalue weighted by Gasteiger charge is -2.23. The van der Waals surface area contributed by atoms with Gasteiger partial charge in [-0.3, -0.25) is 23.9 Å². The van der Waals surface area contributed by atoms with Crippen LogP contribution in [0.2, 0.25) is 0 Å². The SMILES string of the molecule is CC(=O)OC[C@H]1O[C@@H](n2cnc3c(NCCc4ccccc4)[nH]c(=[N+]([O-])[O-])nc32)[C@H](OC(C)=O)[C@@H]1OC(C)=O. The first-order valence-electron chi connectivity index (χ1n) is 12.0. The van der Waals surface area contributed by atoms with Crippen molar-refractivity contribution in [1.82, 2.24) is 24.4 Å². The third-order valence-corrected chi connectivity index (χ3v) is 5.80. The summed E-state index contributed by atoms with van der Waals surface area (Å²) in [6.45, 7) is 3.66. The van der Waals surface area contributed by atoms with E-state index < -0.39 is 53.0 Å². The van der Waals surface area contributed by atoms with Crippen LogP contribution in [0.15, 0.2) is 36.7 Å². The lowest BCUT2D eigenvalue weighted by molar-refractivity contribution is -0.166. The predicted octanol–water partition coefficient (Wildman–Crippen LogP) is 0.506. The minimum absolute atomic E-state index is 0.0412. The Balaban J connectivity index is 1.72. The Kier molecular flexibility index (Phi) is 8.29. The molecule has 0 radical (unpaired) electrons. The van der Waals surface area contributed by atoms with Crippen LogP contribution < -0.4 is 15.8 Å². The number of esters is 3. The fourth-order valence-electron chi connectivity index (χ4n) is 4.23. The first kappa shape index (κ1) is 27.4. The largest absolute Gasteiger partial charge is 0.744 e. The van der Waals surface area contributed by atoms with Gasteiger partial charge in [0.2, 0.25) is 5.65 Å². The van der Waals surface area contributed by atoms with Gasteiger partial charge in [0.1, 0.15) is 19.0 Å². The molecule has 0 saturated carbocycles. The molecule has 1 fully saturated rings. The monoisotopic (exact) mass is 543 g/mol. The molecule has 3 aromatic rings. The number of aromatic amines is 1. The second-order valence-electron chi connectivity index (χ2n) is 8.69. The Morgan fingerprint density at radius 3 is 2.41 bits per heavy atom. The van der Waals surface area contributed by atoms with E-state index in [2.05, 4.69) is 20.3 Å². The molecule has 1 aromatic carbocycles. The standard InChI is InChI=1S/C24H27N6O9/c1-13(31)36-11-17-19(37-14(2)32)20(38-15(3)33)23(39-17)29-12-26-18-21(27-24(30(34)35)28-22(18)29)25-10-9-16-7-5-4-6-8-16/h4-8,12,17,19-20,23H,9-11H2,1-3H3,(H2-,25,27,28,34,35)/q-1/t17-,19-,20-,23-/m1/s1. The van der Waals surface area contributed by atoms with Crippen molar-refractivity contribution in [2.24, 2.45) is 0 Å². The van der Waals surface area contributed by atoms with Gasteiger partial charge in [0.15, 0.2) is 29.8 Å². The Morgan fingerprint density at radius 2 is 1.77 bits per heavy atom. The second-order valence-corrected chi connectivity index (χ2v) is 8.69. The predicted molar refractivity (Wildman–Crippen MR) is 134 cm³/mol. The molecule has 1 aliphatic rings. The van der Waals surface area contributed by atoms with Crippen molar-refractivity contribution < 1.29 is 33.3 Å². The van der Waals surface area contributed by atoms with Crippen molar-refractivity contribution >= 4 is 34.9 Å². The molecule has 4 rings (SSSR count). The Bertz CT molecular complexity index is 1420. The number of hydrogen-bond acceptors (Lipinski definition) is 12. The lowest BCUT2D eigenvalue weighted by Crippen LogP contribution is -2.40. The number of fused-ring (bicyclic) bond motifs is 1. The van der Waals surface area contributed by atoms with Gasteiger partial charge in [-0.25, -0.2) is 9.97 Å². The van der Waals surface area contributed by atoms with E-state index in [9.17, 15) is 24.8 Å². The quantitative estimate of drug-likeness (QED) is 0.216. The minimum Gasteiger partial charge on any atom is -0.744 e. The highest BCUT2D eigenvalue weighted by Crippen LogP contribution is 2.36. The first-order chi connectivity index (χ1) is 18.6. The Labute approximate surface area is 221 Å². The summed E-state index contributed by atoms with van der Waals surface area (Å²) in [5, 5.41) is 26.5. The van der Waals surface area contributed by atoms with Crippen LogP contribution in [-0.4, -0.2) is 68.9 Å². The zero-order valence-corrected chi connectivity index (χ0v) is 21.4. The molecule has 39 heavy (non-hydrogen) atoms. The number of carbonyl (C=O) groups excluding carboxylic acids is 3. The molecule has 1 saturated heterocycles. The summed E-state index contributed by atoms with van der Waals surface area (Å²) < 4.78 is 23.3. The van der Waals surface area contributed by atoms with Crippen LogP contribution in [0.25, 0.3) is 11.2 Å². The molecule has 15 nitrogen and oxygen atoms in total.